The number of carbonyl (C=O) groups is 3. The van der Waals surface area contributed by atoms with Gasteiger partial charge in [-0.3, -0.25) is 14.5 Å². The Kier molecular flexibility index (Phi) is 7.54. The van der Waals surface area contributed by atoms with Crippen LogP contribution in [0.25, 0.3) is 0 Å². The summed E-state index contributed by atoms with van der Waals surface area (Å²) in [6, 6.07) is 4.75. The van der Waals surface area contributed by atoms with Crippen LogP contribution >= 0.6 is 0 Å². The van der Waals surface area contributed by atoms with E-state index in [0.29, 0.717) is 18.0 Å². The molecule has 0 spiro atoms. The Bertz CT molecular complexity index is 705. The highest BCUT2D eigenvalue weighted by Crippen LogP contribution is 2.28. The van der Waals surface area contributed by atoms with E-state index in [1.165, 1.54) is 37.1 Å². The first-order chi connectivity index (χ1) is 13.2. The average molecular weight is 391 g/mol. The van der Waals surface area contributed by atoms with Gasteiger partial charge in [0.1, 0.15) is 17.9 Å². The van der Waals surface area contributed by atoms with Crippen molar-refractivity contribution < 1.29 is 18.8 Å². The molecule has 1 saturated heterocycles. The fourth-order valence-corrected chi connectivity index (χ4v) is 3.28. The second-order valence-electron chi connectivity index (χ2n) is 7.90. The summed E-state index contributed by atoms with van der Waals surface area (Å²) in [4.78, 5) is 38.0. The lowest BCUT2D eigenvalue weighted by atomic mass is 9.92. The number of halogens is 1. The summed E-state index contributed by atoms with van der Waals surface area (Å²) >= 11 is 0. The lowest BCUT2D eigenvalue weighted by Gasteiger charge is -2.22. The highest BCUT2D eigenvalue weighted by Gasteiger charge is 2.49. The Morgan fingerprint density at radius 1 is 1.14 bits per heavy atom. The zero-order valence-corrected chi connectivity index (χ0v) is 16.9. The summed E-state index contributed by atoms with van der Waals surface area (Å²) in [5.41, 5.74) is -0.835. The van der Waals surface area contributed by atoms with Crippen molar-refractivity contribution in [2.45, 2.75) is 58.4 Å². The molecule has 4 amide bonds. The van der Waals surface area contributed by atoms with Crippen molar-refractivity contribution in [1.29, 1.82) is 0 Å². The van der Waals surface area contributed by atoms with E-state index in [0.717, 1.165) is 24.2 Å². The number of rotatable bonds is 10. The highest BCUT2D eigenvalue weighted by atomic mass is 19.1. The molecule has 1 heterocycles. The van der Waals surface area contributed by atoms with Crippen LogP contribution in [0.15, 0.2) is 24.3 Å². The third-order valence-corrected chi connectivity index (χ3v) is 5.03. The van der Waals surface area contributed by atoms with Crippen LogP contribution < -0.4 is 10.6 Å². The predicted octanol–water partition coefficient (Wildman–Crippen LogP) is 3.32. The Morgan fingerprint density at radius 2 is 1.79 bits per heavy atom. The first kappa shape index (κ1) is 21.9. The first-order valence-corrected chi connectivity index (χ1v) is 9.91. The van der Waals surface area contributed by atoms with Gasteiger partial charge in [0.15, 0.2) is 0 Å². The summed E-state index contributed by atoms with van der Waals surface area (Å²) in [5, 5.41) is 5.37. The van der Waals surface area contributed by atoms with E-state index in [1.54, 1.807) is 6.92 Å². The number of nitrogens with one attached hydrogen (secondary N) is 2. The number of unbranched alkanes of at least 4 members (excludes halogenated alkanes) is 3. The molecule has 2 rings (SSSR count). The Morgan fingerprint density at radius 3 is 2.43 bits per heavy atom. The number of imide groups is 1. The minimum atomic E-state index is -1.30. The molecule has 0 aliphatic carbocycles. The Balaban J connectivity index is 1.80. The Labute approximate surface area is 165 Å². The van der Waals surface area contributed by atoms with Crippen molar-refractivity contribution in [2.75, 3.05) is 13.1 Å². The molecule has 1 unspecified atom stereocenters. The molecule has 6 nitrogen and oxygen atoms in total. The number of carbonyl (C=O) groups excluding carboxylic acids is 3. The van der Waals surface area contributed by atoms with Crippen molar-refractivity contribution in [3.63, 3.8) is 0 Å². The molecule has 0 aromatic heterocycles. The molecule has 7 heteroatoms. The molecule has 0 radical (unpaired) electrons. The number of benzene rings is 1. The molecule has 2 N–H and O–H groups in total. The van der Waals surface area contributed by atoms with Crippen LogP contribution in [-0.4, -0.2) is 35.8 Å². The largest absolute Gasteiger partial charge is 0.355 e. The van der Waals surface area contributed by atoms with Crippen LogP contribution in [0, 0.1) is 11.7 Å². The minimum Gasteiger partial charge on any atom is -0.355 e. The molecule has 1 aromatic carbocycles. The lowest BCUT2D eigenvalue weighted by molar-refractivity contribution is -0.134. The topological polar surface area (TPSA) is 78.5 Å². The fraction of sp³-hybridized carbons (Fsp3) is 0.571. The second-order valence-corrected chi connectivity index (χ2v) is 7.90. The molecule has 0 saturated carbocycles. The fourth-order valence-electron chi connectivity index (χ4n) is 3.28. The van der Waals surface area contributed by atoms with Crippen LogP contribution in [-0.2, 0) is 15.1 Å². The smallest absolute Gasteiger partial charge is 0.325 e. The van der Waals surface area contributed by atoms with Crippen LogP contribution in [0.3, 0.4) is 0 Å². The zero-order valence-electron chi connectivity index (χ0n) is 16.9. The monoisotopic (exact) mass is 391 g/mol. The SMILES string of the molecule is CC(C)CCCCCCNC(=O)CN1C(=O)NC(C)(c2ccc(F)cc2)C1=O. The standard InChI is InChI=1S/C21H30FN3O3/c1-15(2)8-6-4-5-7-13-23-18(26)14-25-19(27)21(3,24-20(25)28)16-9-11-17(22)12-10-16/h9-12,15H,4-8,13-14H2,1-3H3,(H,23,26)(H,24,28). The molecule has 154 valence electrons. The van der Waals surface area contributed by atoms with Gasteiger partial charge in [0, 0.05) is 6.54 Å². The van der Waals surface area contributed by atoms with Crippen molar-refractivity contribution in [2.24, 2.45) is 5.92 Å². The maximum atomic E-state index is 13.1. The Hall–Kier alpha value is -2.44. The molecule has 0 bridgehead atoms. The number of hydrogen-bond donors (Lipinski definition) is 2. The number of amides is 4. The van der Waals surface area contributed by atoms with Crippen molar-refractivity contribution in [3.8, 4) is 0 Å². The van der Waals surface area contributed by atoms with Gasteiger partial charge >= 0.3 is 6.03 Å². The quantitative estimate of drug-likeness (QED) is 0.474. The predicted molar refractivity (Wildman–Crippen MR) is 105 cm³/mol. The molecule has 1 aliphatic heterocycles. The van der Waals surface area contributed by atoms with Gasteiger partial charge in [0.2, 0.25) is 5.91 Å². The first-order valence-electron chi connectivity index (χ1n) is 9.91. The van der Waals surface area contributed by atoms with Crippen molar-refractivity contribution in [1.82, 2.24) is 15.5 Å². The van der Waals surface area contributed by atoms with Crippen molar-refractivity contribution in [3.05, 3.63) is 35.6 Å². The van der Waals surface area contributed by atoms with Crippen LogP contribution in [0.5, 0.6) is 0 Å². The van der Waals surface area contributed by atoms with E-state index in [1.807, 2.05) is 0 Å². The summed E-state index contributed by atoms with van der Waals surface area (Å²) in [6.45, 7) is 6.16. The van der Waals surface area contributed by atoms with Gasteiger partial charge in [-0.05, 0) is 37.0 Å². The van der Waals surface area contributed by atoms with Gasteiger partial charge in [0.05, 0.1) is 0 Å². The van der Waals surface area contributed by atoms with Crippen molar-refractivity contribution >= 4 is 17.8 Å². The van der Waals surface area contributed by atoms with E-state index in [9.17, 15) is 18.8 Å². The number of urea groups is 1. The molecular weight excluding hydrogens is 361 g/mol. The second kappa shape index (κ2) is 9.66. The van der Waals surface area contributed by atoms with Gasteiger partial charge in [-0.15, -0.1) is 0 Å². The van der Waals surface area contributed by atoms with E-state index < -0.39 is 23.3 Å². The van der Waals surface area contributed by atoms with E-state index >= 15 is 0 Å². The van der Waals surface area contributed by atoms with Gasteiger partial charge in [-0.2, -0.15) is 0 Å². The van der Waals surface area contributed by atoms with E-state index in [-0.39, 0.29) is 12.5 Å². The molecular formula is C21H30FN3O3. The molecule has 28 heavy (non-hydrogen) atoms. The van der Waals surface area contributed by atoms with E-state index in [4.69, 9.17) is 0 Å². The third kappa shape index (κ3) is 5.53. The molecule has 1 fully saturated rings. The van der Waals surface area contributed by atoms with E-state index in [2.05, 4.69) is 24.5 Å². The molecule has 1 aliphatic rings. The van der Waals surface area contributed by atoms with Crippen LogP contribution in [0.1, 0.15) is 58.4 Å². The average Bonchev–Trinajstić information content (AvgIpc) is 2.85. The highest BCUT2D eigenvalue weighted by molar-refractivity contribution is 6.09. The zero-order chi connectivity index (χ0) is 20.7. The lowest BCUT2D eigenvalue weighted by Crippen LogP contribution is -2.43. The normalized spacial score (nSPS) is 19.2. The minimum absolute atomic E-state index is 0.325. The summed E-state index contributed by atoms with van der Waals surface area (Å²) in [5.74, 6) is -0.601. The molecule has 1 atom stereocenters. The number of hydrogen-bond acceptors (Lipinski definition) is 3. The third-order valence-electron chi connectivity index (χ3n) is 5.03. The van der Waals surface area contributed by atoms with Gasteiger partial charge in [0.25, 0.3) is 5.91 Å². The number of nitrogens with zero attached hydrogens (tertiary/aromatic N) is 1. The molecule has 1 aromatic rings. The summed E-state index contributed by atoms with van der Waals surface area (Å²) < 4.78 is 13.1. The maximum absolute atomic E-state index is 13.1. The summed E-state index contributed by atoms with van der Waals surface area (Å²) in [6.07, 6.45) is 5.45. The maximum Gasteiger partial charge on any atom is 0.325 e. The van der Waals surface area contributed by atoms with Crippen LogP contribution in [0.4, 0.5) is 9.18 Å². The van der Waals surface area contributed by atoms with Gasteiger partial charge in [-0.1, -0.05) is 51.7 Å². The van der Waals surface area contributed by atoms with Crippen LogP contribution in [0.2, 0.25) is 0 Å². The summed E-state index contributed by atoms with van der Waals surface area (Å²) in [7, 11) is 0. The van der Waals surface area contributed by atoms with Gasteiger partial charge in [-0.25, -0.2) is 9.18 Å². The van der Waals surface area contributed by atoms with Gasteiger partial charge < -0.3 is 10.6 Å².